The molecule has 3 aliphatic rings. The number of para-hydroxylation sites is 1. The van der Waals surface area contributed by atoms with Gasteiger partial charge in [0.25, 0.3) is 0 Å². The predicted molar refractivity (Wildman–Crippen MR) is 95.7 cm³/mol. The number of nitrogens with zero attached hydrogens (tertiary/aromatic N) is 2. The minimum atomic E-state index is -1.12. The standard InChI is InChI=1S/C18H23N3O3S/c22-18-19-8-12-21(18)14-5-9-20(10-6-14)11-7-15-13-25(23)17-4-2-1-3-16(17)24-15/h1-4,13-14H,5-12H2,(H,19,22). The van der Waals surface area contributed by atoms with E-state index < -0.39 is 11.2 Å². The zero-order chi connectivity index (χ0) is 17.2. The topological polar surface area (TPSA) is 67.9 Å². The molecule has 134 valence electrons. The zero-order valence-electron chi connectivity index (χ0n) is 14.1. The molecule has 0 bridgehead atoms. The summed E-state index contributed by atoms with van der Waals surface area (Å²) in [5, 5.41) is 4.60. The maximum atomic E-state index is 12.3. The molecule has 4 rings (SSSR count). The molecule has 2 saturated heterocycles. The van der Waals surface area contributed by atoms with Crippen LogP contribution in [0, 0.1) is 0 Å². The molecule has 1 aromatic carbocycles. The first-order chi connectivity index (χ1) is 12.2. The minimum absolute atomic E-state index is 0.0837. The van der Waals surface area contributed by atoms with Gasteiger partial charge in [-0.3, -0.25) is 0 Å². The van der Waals surface area contributed by atoms with Crippen molar-refractivity contribution in [3.63, 3.8) is 0 Å². The van der Waals surface area contributed by atoms with Gasteiger partial charge in [0.15, 0.2) is 16.9 Å². The average Bonchev–Trinajstić information content (AvgIpc) is 3.06. The third-order valence-corrected chi connectivity index (χ3v) is 6.36. The van der Waals surface area contributed by atoms with Crippen LogP contribution in [0.1, 0.15) is 19.3 Å². The molecule has 3 heterocycles. The van der Waals surface area contributed by atoms with Crippen molar-refractivity contribution in [1.82, 2.24) is 15.1 Å². The summed E-state index contributed by atoms with van der Waals surface area (Å²) < 4.78 is 18.2. The number of nitrogens with one attached hydrogen (secondary N) is 1. The van der Waals surface area contributed by atoms with E-state index in [4.69, 9.17) is 4.74 Å². The SMILES string of the molecule is O=C1NCCN1C1CCN(CCC2=C[S+]([O-])c3ccccc3O2)CC1. The van der Waals surface area contributed by atoms with Gasteiger partial charge in [-0.25, -0.2) is 4.79 Å². The molecule has 1 atom stereocenters. The van der Waals surface area contributed by atoms with Crippen molar-refractivity contribution >= 4 is 17.2 Å². The van der Waals surface area contributed by atoms with Crippen molar-refractivity contribution in [1.29, 1.82) is 0 Å². The van der Waals surface area contributed by atoms with E-state index in [0.717, 1.165) is 62.6 Å². The minimum Gasteiger partial charge on any atom is -0.607 e. The molecule has 0 saturated carbocycles. The van der Waals surface area contributed by atoms with Gasteiger partial charge in [-0.1, -0.05) is 12.1 Å². The van der Waals surface area contributed by atoms with E-state index in [-0.39, 0.29) is 6.03 Å². The monoisotopic (exact) mass is 361 g/mol. The summed E-state index contributed by atoms with van der Waals surface area (Å²) in [6, 6.07) is 7.94. The van der Waals surface area contributed by atoms with Crippen LogP contribution in [0.2, 0.25) is 0 Å². The quantitative estimate of drug-likeness (QED) is 0.832. The Morgan fingerprint density at radius 1 is 1.24 bits per heavy atom. The van der Waals surface area contributed by atoms with Crippen LogP contribution in [0.3, 0.4) is 0 Å². The molecule has 0 aliphatic carbocycles. The van der Waals surface area contributed by atoms with Crippen molar-refractivity contribution < 1.29 is 14.1 Å². The number of hydrogen-bond acceptors (Lipinski definition) is 4. The summed E-state index contributed by atoms with van der Waals surface area (Å²) >= 11 is -1.12. The van der Waals surface area contributed by atoms with E-state index >= 15 is 0 Å². The summed E-state index contributed by atoms with van der Waals surface area (Å²) in [5.74, 6) is 1.50. The fourth-order valence-corrected chi connectivity index (χ4v) is 4.77. The molecular weight excluding hydrogens is 338 g/mol. The highest BCUT2D eigenvalue weighted by molar-refractivity contribution is 7.94. The third kappa shape index (κ3) is 3.63. The highest BCUT2D eigenvalue weighted by Gasteiger charge is 2.31. The first-order valence-electron chi connectivity index (χ1n) is 8.86. The van der Waals surface area contributed by atoms with Gasteiger partial charge < -0.3 is 24.4 Å². The molecule has 2 amide bonds. The Kier molecular flexibility index (Phi) is 4.87. The van der Waals surface area contributed by atoms with Gasteiger partial charge in [-0.15, -0.1) is 0 Å². The van der Waals surface area contributed by atoms with Crippen LogP contribution in [-0.2, 0) is 11.2 Å². The molecule has 0 radical (unpaired) electrons. The fourth-order valence-electron chi connectivity index (χ4n) is 3.72. The summed E-state index contributed by atoms with van der Waals surface area (Å²) in [5.41, 5.74) is 0. The normalized spacial score (nSPS) is 24.5. The summed E-state index contributed by atoms with van der Waals surface area (Å²) in [6.07, 6.45) is 2.79. The molecule has 1 aromatic rings. The Morgan fingerprint density at radius 2 is 2.04 bits per heavy atom. The first-order valence-corrected chi connectivity index (χ1v) is 10.1. The summed E-state index contributed by atoms with van der Waals surface area (Å²) in [4.78, 5) is 16.9. The van der Waals surface area contributed by atoms with Crippen molar-refractivity contribution in [2.75, 3.05) is 32.7 Å². The van der Waals surface area contributed by atoms with E-state index in [2.05, 4.69) is 10.2 Å². The maximum absolute atomic E-state index is 12.3. The molecular formula is C18H23N3O3S. The maximum Gasteiger partial charge on any atom is 0.317 e. The van der Waals surface area contributed by atoms with E-state index in [9.17, 15) is 9.35 Å². The average molecular weight is 361 g/mol. The Balaban J connectivity index is 1.27. The molecule has 2 fully saturated rings. The van der Waals surface area contributed by atoms with Crippen LogP contribution in [-0.4, -0.2) is 59.1 Å². The number of benzene rings is 1. The Hall–Kier alpha value is -1.70. The first kappa shape index (κ1) is 16.8. The number of piperidine rings is 1. The number of likely N-dealkylation sites (tertiary alicyclic amines) is 1. The van der Waals surface area contributed by atoms with E-state index in [1.165, 1.54) is 0 Å². The van der Waals surface area contributed by atoms with Gasteiger partial charge in [-0.2, -0.15) is 0 Å². The lowest BCUT2D eigenvalue weighted by Crippen LogP contribution is -2.46. The van der Waals surface area contributed by atoms with Gasteiger partial charge in [-0.05, 0) is 25.0 Å². The lowest BCUT2D eigenvalue weighted by Gasteiger charge is -2.36. The number of fused-ring (bicyclic) bond motifs is 1. The Bertz CT molecular complexity index is 673. The van der Waals surface area contributed by atoms with Crippen LogP contribution < -0.4 is 10.1 Å². The van der Waals surface area contributed by atoms with Crippen molar-refractivity contribution in [3.05, 3.63) is 35.4 Å². The Labute approximate surface area is 151 Å². The molecule has 1 unspecified atom stereocenters. The van der Waals surface area contributed by atoms with E-state index in [1.807, 2.05) is 29.2 Å². The molecule has 25 heavy (non-hydrogen) atoms. The zero-order valence-corrected chi connectivity index (χ0v) is 15.0. The van der Waals surface area contributed by atoms with Crippen molar-refractivity contribution in [3.8, 4) is 5.75 Å². The molecule has 7 heteroatoms. The number of rotatable bonds is 4. The lowest BCUT2D eigenvalue weighted by atomic mass is 10.0. The van der Waals surface area contributed by atoms with Gasteiger partial charge in [0, 0.05) is 56.4 Å². The van der Waals surface area contributed by atoms with E-state index in [0.29, 0.717) is 11.8 Å². The number of amides is 2. The highest BCUT2D eigenvalue weighted by atomic mass is 32.2. The predicted octanol–water partition coefficient (Wildman–Crippen LogP) is 1.91. The van der Waals surface area contributed by atoms with Crippen LogP contribution in [0.5, 0.6) is 5.75 Å². The Morgan fingerprint density at radius 3 is 2.80 bits per heavy atom. The third-order valence-electron chi connectivity index (χ3n) is 5.11. The van der Waals surface area contributed by atoms with Gasteiger partial charge in [0.1, 0.15) is 0 Å². The molecule has 0 aromatic heterocycles. The summed E-state index contributed by atoms with van der Waals surface area (Å²) in [6.45, 7) is 4.46. The van der Waals surface area contributed by atoms with Crippen LogP contribution in [0.4, 0.5) is 4.79 Å². The molecule has 1 N–H and O–H groups in total. The molecule has 3 aliphatic heterocycles. The molecule has 0 spiro atoms. The van der Waals surface area contributed by atoms with E-state index in [1.54, 1.807) is 5.41 Å². The number of carbonyl (C=O) groups excluding carboxylic acids is 1. The van der Waals surface area contributed by atoms with Gasteiger partial charge >= 0.3 is 6.03 Å². The fraction of sp³-hybridized carbons (Fsp3) is 0.500. The number of ether oxygens (including phenoxy) is 1. The second-order valence-electron chi connectivity index (χ2n) is 6.68. The largest absolute Gasteiger partial charge is 0.607 e. The highest BCUT2D eigenvalue weighted by Crippen LogP contribution is 2.32. The van der Waals surface area contributed by atoms with Crippen LogP contribution in [0.15, 0.2) is 40.3 Å². The smallest absolute Gasteiger partial charge is 0.317 e. The van der Waals surface area contributed by atoms with Crippen LogP contribution >= 0.6 is 0 Å². The summed E-state index contributed by atoms with van der Waals surface area (Å²) in [7, 11) is 0. The molecule has 6 nitrogen and oxygen atoms in total. The van der Waals surface area contributed by atoms with Crippen LogP contribution in [0.25, 0.3) is 0 Å². The van der Waals surface area contributed by atoms with Crippen molar-refractivity contribution in [2.24, 2.45) is 0 Å². The van der Waals surface area contributed by atoms with Gasteiger partial charge in [0.05, 0.1) is 0 Å². The number of carbonyl (C=O) groups is 1. The second-order valence-corrected chi connectivity index (χ2v) is 7.95. The second kappa shape index (κ2) is 7.27. The number of hydrogen-bond donors (Lipinski definition) is 1. The lowest BCUT2D eigenvalue weighted by molar-refractivity contribution is 0.135. The van der Waals surface area contributed by atoms with Gasteiger partial charge in [0.2, 0.25) is 4.90 Å². The van der Waals surface area contributed by atoms with Crippen molar-refractivity contribution in [2.45, 2.75) is 30.2 Å². The number of urea groups is 1.